The summed E-state index contributed by atoms with van der Waals surface area (Å²) in [6, 6.07) is 4.36. The molecule has 0 saturated heterocycles. The van der Waals surface area contributed by atoms with Crippen molar-refractivity contribution in [3.63, 3.8) is 0 Å². The molecule has 1 unspecified atom stereocenters. The molecule has 140 valence electrons. The lowest BCUT2D eigenvalue weighted by Gasteiger charge is -2.22. The fraction of sp³-hybridized carbons (Fsp3) is 0.409. The molecule has 3 heterocycles. The highest BCUT2D eigenvalue weighted by Crippen LogP contribution is 2.31. The summed E-state index contributed by atoms with van der Waals surface area (Å²) in [5, 5.41) is 8.38. The van der Waals surface area contributed by atoms with E-state index in [0.717, 1.165) is 41.3 Å². The van der Waals surface area contributed by atoms with Crippen LogP contribution in [0.1, 0.15) is 51.6 Å². The van der Waals surface area contributed by atoms with Gasteiger partial charge in [-0.1, -0.05) is 25.8 Å². The number of carbonyl (C=O) groups is 1. The van der Waals surface area contributed by atoms with Crippen molar-refractivity contribution in [2.75, 3.05) is 5.32 Å². The van der Waals surface area contributed by atoms with Gasteiger partial charge in [-0.3, -0.25) is 9.78 Å². The van der Waals surface area contributed by atoms with E-state index in [1.165, 1.54) is 18.4 Å². The van der Waals surface area contributed by atoms with E-state index in [9.17, 15) is 4.79 Å². The lowest BCUT2D eigenvalue weighted by molar-refractivity contribution is -0.117. The van der Waals surface area contributed by atoms with E-state index in [1.807, 2.05) is 18.5 Å². The number of pyridine rings is 2. The van der Waals surface area contributed by atoms with E-state index in [4.69, 9.17) is 0 Å². The van der Waals surface area contributed by atoms with E-state index in [-0.39, 0.29) is 11.8 Å². The van der Waals surface area contributed by atoms with Gasteiger partial charge in [0.05, 0.1) is 5.69 Å². The molecule has 0 spiro atoms. The van der Waals surface area contributed by atoms with E-state index >= 15 is 0 Å². The van der Waals surface area contributed by atoms with Gasteiger partial charge < -0.3 is 10.6 Å². The van der Waals surface area contributed by atoms with Crippen LogP contribution in [0.2, 0.25) is 0 Å². The highest BCUT2D eigenvalue weighted by Gasteiger charge is 2.29. The van der Waals surface area contributed by atoms with Gasteiger partial charge in [-0.25, -0.2) is 4.98 Å². The molecule has 1 saturated carbocycles. The topological polar surface area (TPSA) is 66.9 Å². The molecule has 4 rings (SSSR count). The summed E-state index contributed by atoms with van der Waals surface area (Å²) in [6.07, 6.45) is 13.6. The van der Waals surface area contributed by atoms with Crippen LogP contribution in [0, 0.1) is 5.92 Å². The minimum atomic E-state index is 0.0725. The number of amides is 1. The van der Waals surface area contributed by atoms with E-state index < -0.39 is 0 Å². The van der Waals surface area contributed by atoms with Crippen LogP contribution in [0.25, 0.3) is 16.3 Å². The van der Waals surface area contributed by atoms with Crippen LogP contribution < -0.4 is 10.6 Å². The number of carbonyl (C=O) groups excluding carboxylic acids is 1. The number of aromatic nitrogens is 2. The Morgan fingerprint density at radius 1 is 1.22 bits per heavy atom. The van der Waals surface area contributed by atoms with Crippen molar-refractivity contribution in [2.24, 2.45) is 5.92 Å². The summed E-state index contributed by atoms with van der Waals surface area (Å²) in [7, 11) is 0. The zero-order valence-electron chi connectivity index (χ0n) is 16.0. The second-order valence-corrected chi connectivity index (χ2v) is 7.57. The number of nitrogens with one attached hydrogen (secondary N) is 2. The molecular weight excluding hydrogens is 336 g/mol. The molecule has 2 aliphatic rings. The van der Waals surface area contributed by atoms with Gasteiger partial charge in [0.15, 0.2) is 0 Å². The zero-order chi connectivity index (χ0) is 18.8. The fourth-order valence-electron chi connectivity index (χ4n) is 3.44. The van der Waals surface area contributed by atoms with Gasteiger partial charge in [0, 0.05) is 46.9 Å². The number of hydrogen-bond acceptors (Lipinski definition) is 4. The second-order valence-electron chi connectivity index (χ2n) is 7.57. The van der Waals surface area contributed by atoms with Crippen LogP contribution in [0.3, 0.4) is 0 Å². The molecule has 1 amide bonds. The predicted octanol–water partition coefficient (Wildman–Crippen LogP) is 4.43. The predicted molar refractivity (Wildman–Crippen MR) is 109 cm³/mol. The Balaban J connectivity index is 1.52. The summed E-state index contributed by atoms with van der Waals surface area (Å²) in [5.74, 6) is 0.843. The van der Waals surface area contributed by atoms with Crippen molar-refractivity contribution >= 4 is 28.1 Å². The summed E-state index contributed by atoms with van der Waals surface area (Å²) < 4.78 is 0. The van der Waals surface area contributed by atoms with Gasteiger partial charge >= 0.3 is 0 Å². The molecule has 0 aromatic carbocycles. The molecule has 0 bridgehead atoms. The molecule has 1 atom stereocenters. The molecule has 5 heteroatoms. The van der Waals surface area contributed by atoms with Crippen LogP contribution in [-0.4, -0.2) is 21.9 Å². The lowest BCUT2D eigenvalue weighted by atomic mass is 9.96. The summed E-state index contributed by atoms with van der Waals surface area (Å²) >= 11 is 0. The number of rotatable bonds is 6. The van der Waals surface area contributed by atoms with Gasteiger partial charge in [-0.2, -0.15) is 0 Å². The maximum atomic E-state index is 11.9. The zero-order valence-corrected chi connectivity index (χ0v) is 16.0. The van der Waals surface area contributed by atoms with Crippen LogP contribution in [-0.2, 0) is 4.79 Å². The van der Waals surface area contributed by atoms with Gasteiger partial charge in [-0.15, -0.1) is 0 Å². The highest BCUT2D eigenvalue weighted by atomic mass is 16.2. The normalized spacial score (nSPS) is 19.3. The Morgan fingerprint density at radius 2 is 2.00 bits per heavy atom. The van der Waals surface area contributed by atoms with Gasteiger partial charge in [0.1, 0.15) is 5.82 Å². The SMILES string of the molecule is CCCCC1C=C(C)C(c2cc3cnc(NC(=O)C4CC4)cc3cn2)=CN1. The Kier molecular flexibility index (Phi) is 4.92. The number of anilines is 1. The number of unbranched alkanes of at least 4 members (excludes halogenated alkanes) is 1. The van der Waals surface area contributed by atoms with Crippen molar-refractivity contribution in [1.29, 1.82) is 0 Å². The van der Waals surface area contributed by atoms with Crippen molar-refractivity contribution in [3.8, 4) is 0 Å². The van der Waals surface area contributed by atoms with Gasteiger partial charge in [-0.05, 0) is 43.9 Å². The standard InChI is InChI=1S/C22H26N4O/c1-3-4-5-18-8-14(2)19(13-23-18)20-9-16-12-25-21(10-17(16)11-24-20)26-22(27)15-6-7-15/h8-13,15,18,23H,3-7H2,1-2H3,(H,25,26,27). The highest BCUT2D eigenvalue weighted by molar-refractivity contribution is 5.95. The molecule has 1 aliphatic carbocycles. The maximum Gasteiger partial charge on any atom is 0.228 e. The molecule has 27 heavy (non-hydrogen) atoms. The van der Waals surface area contributed by atoms with Crippen LogP contribution in [0.4, 0.5) is 5.82 Å². The first-order valence-corrected chi connectivity index (χ1v) is 9.86. The van der Waals surface area contributed by atoms with E-state index in [1.54, 1.807) is 0 Å². The minimum Gasteiger partial charge on any atom is -0.384 e. The molecule has 2 N–H and O–H groups in total. The molecule has 2 aromatic rings. The van der Waals surface area contributed by atoms with Crippen molar-refractivity contribution in [1.82, 2.24) is 15.3 Å². The van der Waals surface area contributed by atoms with Crippen LogP contribution >= 0.6 is 0 Å². The molecule has 1 fully saturated rings. The monoisotopic (exact) mass is 362 g/mol. The summed E-state index contributed by atoms with van der Waals surface area (Å²) in [5.41, 5.74) is 3.31. The minimum absolute atomic E-state index is 0.0725. The number of hydrogen-bond donors (Lipinski definition) is 2. The average Bonchev–Trinajstić information content (AvgIpc) is 3.51. The largest absolute Gasteiger partial charge is 0.384 e. The smallest absolute Gasteiger partial charge is 0.228 e. The van der Waals surface area contributed by atoms with E-state index in [2.05, 4.69) is 52.8 Å². The molecule has 2 aromatic heterocycles. The average molecular weight is 362 g/mol. The second kappa shape index (κ2) is 7.51. The number of fused-ring (bicyclic) bond motifs is 1. The summed E-state index contributed by atoms with van der Waals surface area (Å²) in [4.78, 5) is 21.0. The third-order valence-corrected chi connectivity index (χ3v) is 5.27. The molecular formula is C22H26N4O. The maximum absolute atomic E-state index is 11.9. The number of nitrogens with zero attached hydrogens (tertiary/aromatic N) is 2. The summed E-state index contributed by atoms with van der Waals surface area (Å²) in [6.45, 7) is 4.36. The third-order valence-electron chi connectivity index (χ3n) is 5.27. The Labute approximate surface area is 160 Å². The first-order valence-electron chi connectivity index (χ1n) is 9.86. The third kappa shape index (κ3) is 4.02. The fourth-order valence-corrected chi connectivity index (χ4v) is 3.44. The number of dihydropyridines is 1. The van der Waals surface area contributed by atoms with Gasteiger partial charge in [0.2, 0.25) is 5.91 Å². The van der Waals surface area contributed by atoms with Crippen LogP contribution in [0.5, 0.6) is 0 Å². The Hall–Kier alpha value is -2.69. The Bertz CT molecular complexity index is 927. The quantitative estimate of drug-likeness (QED) is 0.798. The number of allylic oxidation sites excluding steroid dienone is 2. The lowest BCUT2D eigenvalue weighted by Crippen LogP contribution is -2.25. The van der Waals surface area contributed by atoms with Crippen LogP contribution in [0.15, 0.2) is 42.4 Å². The van der Waals surface area contributed by atoms with Gasteiger partial charge in [0.25, 0.3) is 0 Å². The molecule has 5 nitrogen and oxygen atoms in total. The first kappa shape index (κ1) is 17.7. The first-order chi connectivity index (χ1) is 13.1. The van der Waals surface area contributed by atoms with Crippen molar-refractivity contribution < 1.29 is 4.79 Å². The van der Waals surface area contributed by atoms with Crippen molar-refractivity contribution in [3.05, 3.63) is 48.1 Å². The molecule has 1 aliphatic heterocycles. The molecule has 0 radical (unpaired) electrons. The van der Waals surface area contributed by atoms with E-state index in [0.29, 0.717) is 11.9 Å². The Morgan fingerprint density at radius 3 is 2.74 bits per heavy atom. The van der Waals surface area contributed by atoms with Crippen molar-refractivity contribution in [2.45, 2.75) is 52.0 Å².